The third-order valence-electron chi connectivity index (χ3n) is 4.42. The van der Waals surface area contributed by atoms with Crippen LogP contribution in [0.2, 0.25) is 5.02 Å². The van der Waals surface area contributed by atoms with E-state index in [0.717, 1.165) is 12.1 Å². The van der Waals surface area contributed by atoms with Gasteiger partial charge in [-0.05, 0) is 23.3 Å². The van der Waals surface area contributed by atoms with Crippen molar-refractivity contribution >= 4 is 17.4 Å². The second kappa shape index (κ2) is 7.12. The Balaban J connectivity index is 1.98. The number of nitrogens with zero attached hydrogens (tertiary/aromatic N) is 1. The number of piperidine rings is 1. The normalized spacial score (nSPS) is 22.0. The predicted octanol–water partition coefficient (Wildman–Crippen LogP) is 4.97. The Morgan fingerprint density at radius 2 is 1.57 bits per heavy atom. The van der Waals surface area contributed by atoms with Gasteiger partial charge in [-0.1, -0.05) is 60.1 Å². The molecule has 23 heavy (non-hydrogen) atoms. The lowest BCUT2D eigenvalue weighted by Gasteiger charge is -2.41. The van der Waals surface area contributed by atoms with Crippen molar-refractivity contribution in [3.05, 3.63) is 83.4 Å². The minimum Gasteiger partial charge on any atom is -0.300 e. The summed E-state index contributed by atoms with van der Waals surface area (Å²) in [6, 6.07) is 18.2. The Labute approximate surface area is 142 Å². The van der Waals surface area contributed by atoms with Gasteiger partial charge in [0.15, 0.2) is 0 Å². The van der Waals surface area contributed by atoms with Crippen LogP contribution in [0.3, 0.4) is 0 Å². The molecule has 0 amide bonds. The highest BCUT2D eigenvalue weighted by molar-refractivity contribution is 6.30. The van der Waals surface area contributed by atoms with Crippen molar-refractivity contribution in [2.45, 2.75) is 24.9 Å². The zero-order chi connectivity index (χ0) is 16.2. The van der Waals surface area contributed by atoms with Gasteiger partial charge in [0.2, 0.25) is 0 Å². The summed E-state index contributed by atoms with van der Waals surface area (Å²) in [5.74, 6) is 0.305. The molecule has 2 aromatic carbocycles. The summed E-state index contributed by atoms with van der Waals surface area (Å²) >= 11 is 6.00. The molecule has 0 aromatic heterocycles. The summed E-state index contributed by atoms with van der Waals surface area (Å²) in [6.45, 7) is 4.65. The lowest BCUT2D eigenvalue weighted by molar-refractivity contribution is -0.125. The van der Waals surface area contributed by atoms with Gasteiger partial charge < -0.3 is 0 Å². The number of hydrogen-bond donors (Lipinski definition) is 0. The molecule has 0 bridgehead atoms. The molecular weight excluding hydrogens is 306 g/mol. The van der Waals surface area contributed by atoms with Crippen LogP contribution in [0.4, 0.5) is 0 Å². The molecule has 0 N–H and O–H groups in total. The van der Waals surface area contributed by atoms with E-state index in [1.165, 1.54) is 5.56 Å². The molecule has 0 saturated carbocycles. The number of rotatable bonds is 4. The number of Topliss-reactive ketones (excluding diaryl/α,β-unsaturated/α-hetero) is 1. The molecule has 3 rings (SSSR count). The van der Waals surface area contributed by atoms with E-state index in [9.17, 15) is 4.79 Å². The Hall–Kier alpha value is -1.90. The Bertz CT molecular complexity index is 681. The Kier molecular flexibility index (Phi) is 4.94. The first-order valence-electron chi connectivity index (χ1n) is 7.88. The quantitative estimate of drug-likeness (QED) is 0.739. The van der Waals surface area contributed by atoms with Crippen molar-refractivity contribution in [2.24, 2.45) is 0 Å². The number of carbonyl (C=O) groups excluding carboxylic acids is 1. The van der Waals surface area contributed by atoms with Crippen molar-refractivity contribution in [1.29, 1.82) is 0 Å². The van der Waals surface area contributed by atoms with Gasteiger partial charge in [0.25, 0.3) is 0 Å². The first kappa shape index (κ1) is 16.0. The lowest BCUT2D eigenvalue weighted by Crippen LogP contribution is -2.39. The monoisotopic (exact) mass is 325 g/mol. The van der Waals surface area contributed by atoms with Crippen LogP contribution in [0.1, 0.15) is 36.1 Å². The number of ketones is 1. The summed E-state index contributed by atoms with van der Waals surface area (Å²) in [7, 11) is 0. The van der Waals surface area contributed by atoms with Gasteiger partial charge >= 0.3 is 0 Å². The molecule has 0 spiro atoms. The van der Waals surface area contributed by atoms with Gasteiger partial charge in [0, 0.05) is 36.5 Å². The number of likely N-dealkylation sites (tertiary alicyclic amines) is 1. The van der Waals surface area contributed by atoms with Crippen LogP contribution < -0.4 is 0 Å². The summed E-state index contributed by atoms with van der Waals surface area (Å²) in [5, 5.41) is 0.714. The Morgan fingerprint density at radius 1 is 1.00 bits per heavy atom. The third-order valence-corrected chi connectivity index (χ3v) is 4.67. The molecule has 0 radical (unpaired) electrons. The van der Waals surface area contributed by atoms with Crippen LogP contribution in [0.25, 0.3) is 0 Å². The van der Waals surface area contributed by atoms with E-state index in [-0.39, 0.29) is 12.1 Å². The van der Waals surface area contributed by atoms with Gasteiger partial charge in [-0.15, -0.1) is 6.58 Å². The standard InChI is InChI=1S/C20H20ClNO/c1-2-12-22-19(15-6-4-3-5-7-15)13-18(23)14-20(22)16-8-10-17(21)11-9-16/h2-11,19-20H,1,12-14H2/t19-,20+/m0/s1. The summed E-state index contributed by atoms with van der Waals surface area (Å²) in [6.07, 6.45) is 3.01. The first-order chi connectivity index (χ1) is 11.2. The minimum atomic E-state index is 0.0664. The molecule has 1 fully saturated rings. The van der Waals surface area contributed by atoms with Crippen molar-refractivity contribution in [2.75, 3.05) is 6.54 Å². The van der Waals surface area contributed by atoms with Crippen molar-refractivity contribution < 1.29 is 4.79 Å². The fraction of sp³-hybridized carbons (Fsp3) is 0.250. The van der Waals surface area contributed by atoms with Crippen molar-refractivity contribution in [3.63, 3.8) is 0 Å². The second-order valence-electron chi connectivity index (χ2n) is 5.93. The molecule has 1 heterocycles. The minimum absolute atomic E-state index is 0.0664. The molecule has 2 aromatic rings. The van der Waals surface area contributed by atoms with Crippen LogP contribution in [0.5, 0.6) is 0 Å². The zero-order valence-corrected chi connectivity index (χ0v) is 13.7. The maximum atomic E-state index is 12.4. The van der Waals surface area contributed by atoms with E-state index in [0.29, 0.717) is 23.6 Å². The smallest absolute Gasteiger partial charge is 0.136 e. The highest BCUT2D eigenvalue weighted by Crippen LogP contribution is 2.40. The van der Waals surface area contributed by atoms with Crippen LogP contribution in [0.15, 0.2) is 67.3 Å². The number of halogens is 1. The van der Waals surface area contributed by atoms with Crippen LogP contribution in [-0.2, 0) is 4.79 Å². The average Bonchev–Trinajstić information content (AvgIpc) is 2.58. The average molecular weight is 326 g/mol. The van der Waals surface area contributed by atoms with E-state index in [1.807, 2.05) is 48.5 Å². The van der Waals surface area contributed by atoms with Crippen LogP contribution in [-0.4, -0.2) is 17.2 Å². The molecular formula is C20H20ClNO. The predicted molar refractivity (Wildman–Crippen MR) is 94.5 cm³/mol. The number of carbonyl (C=O) groups is 1. The van der Waals surface area contributed by atoms with Gasteiger partial charge in [-0.2, -0.15) is 0 Å². The number of benzene rings is 2. The van der Waals surface area contributed by atoms with E-state index in [1.54, 1.807) is 0 Å². The second-order valence-corrected chi connectivity index (χ2v) is 6.36. The summed E-state index contributed by atoms with van der Waals surface area (Å²) in [4.78, 5) is 14.7. The fourth-order valence-electron chi connectivity index (χ4n) is 3.35. The van der Waals surface area contributed by atoms with E-state index < -0.39 is 0 Å². The lowest BCUT2D eigenvalue weighted by atomic mass is 9.87. The summed E-state index contributed by atoms with van der Waals surface area (Å²) < 4.78 is 0. The molecule has 1 saturated heterocycles. The van der Waals surface area contributed by atoms with E-state index >= 15 is 0 Å². The molecule has 1 aliphatic rings. The highest BCUT2D eigenvalue weighted by Gasteiger charge is 2.35. The molecule has 0 unspecified atom stereocenters. The SMILES string of the molecule is C=CCN1[C@@H](c2ccc(Cl)cc2)CC(=O)C[C@H]1c1ccccc1. The van der Waals surface area contributed by atoms with Gasteiger partial charge in [0.05, 0.1) is 0 Å². The molecule has 2 nitrogen and oxygen atoms in total. The molecule has 3 heteroatoms. The molecule has 0 aliphatic carbocycles. The summed E-state index contributed by atoms with van der Waals surface area (Å²) in [5.41, 5.74) is 2.31. The fourth-order valence-corrected chi connectivity index (χ4v) is 3.47. The topological polar surface area (TPSA) is 20.3 Å². The zero-order valence-electron chi connectivity index (χ0n) is 13.0. The Morgan fingerprint density at radius 3 is 2.13 bits per heavy atom. The van der Waals surface area contributed by atoms with E-state index in [2.05, 4.69) is 23.6 Å². The van der Waals surface area contributed by atoms with E-state index in [4.69, 9.17) is 11.6 Å². The molecule has 2 atom stereocenters. The van der Waals surface area contributed by atoms with Gasteiger partial charge in [-0.25, -0.2) is 0 Å². The van der Waals surface area contributed by atoms with Gasteiger partial charge in [-0.3, -0.25) is 9.69 Å². The van der Waals surface area contributed by atoms with Crippen LogP contribution >= 0.6 is 11.6 Å². The number of hydrogen-bond acceptors (Lipinski definition) is 2. The largest absolute Gasteiger partial charge is 0.300 e. The first-order valence-corrected chi connectivity index (χ1v) is 8.25. The third kappa shape index (κ3) is 3.54. The highest BCUT2D eigenvalue weighted by atomic mass is 35.5. The molecule has 118 valence electrons. The van der Waals surface area contributed by atoms with Crippen molar-refractivity contribution in [1.82, 2.24) is 4.90 Å². The maximum absolute atomic E-state index is 12.4. The molecule has 1 aliphatic heterocycles. The van der Waals surface area contributed by atoms with Gasteiger partial charge in [0.1, 0.15) is 5.78 Å². The maximum Gasteiger partial charge on any atom is 0.136 e. The van der Waals surface area contributed by atoms with Crippen molar-refractivity contribution in [3.8, 4) is 0 Å². The van der Waals surface area contributed by atoms with Crippen LogP contribution in [0, 0.1) is 0 Å².